The van der Waals surface area contributed by atoms with Gasteiger partial charge in [-0.15, -0.1) is 0 Å². The molecule has 1 heterocycles. The van der Waals surface area contributed by atoms with Crippen molar-refractivity contribution in [1.82, 2.24) is 4.98 Å². The molecule has 1 aromatic heterocycles. The molecule has 3 nitrogen and oxygen atoms in total. The first-order valence-electron chi connectivity index (χ1n) is 5.23. The molecule has 6 heteroatoms. The molecule has 0 radical (unpaired) electrons. The van der Waals surface area contributed by atoms with Crippen LogP contribution in [0.25, 0.3) is 11.1 Å². The Hall–Kier alpha value is -2.37. The smallest absolute Gasteiger partial charge is 0.417 e. The minimum Gasteiger partial charge on any atom is -0.545 e. The number of rotatable bonds is 2. The summed E-state index contributed by atoms with van der Waals surface area (Å²) in [6, 6.07) is 5.98. The molecule has 0 bridgehead atoms. The maximum atomic E-state index is 12.9. The highest BCUT2D eigenvalue weighted by atomic mass is 19.4. The molecule has 0 saturated carbocycles. The average molecular weight is 266 g/mol. The summed E-state index contributed by atoms with van der Waals surface area (Å²) >= 11 is 0. The largest absolute Gasteiger partial charge is 0.545 e. The van der Waals surface area contributed by atoms with Gasteiger partial charge in [0.25, 0.3) is 0 Å². The van der Waals surface area contributed by atoms with Crippen LogP contribution in [0.5, 0.6) is 0 Å². The first kappa shape index (κ1) is 13.1. The minimum atomic E-state index is -4.57. The van der Waals surface area contributed by atoms with Gasteiger partial charge in [0.05, 0.1) is 11.5 Å². The second kappa shape index (κ2) is 4.72. The molecule has 2 rings (SSSR count). The summed E-state index contributed by atoms with van der Waals surface area (Å²) in [5, 5.41) is 10.9. The van der Waals surface area contributed by atoms with Gasteiger partial charge < -0.3 is 9.90 Å². The zero-order valence-electron chi connectivity index (χ0n) is 9.44. The molecular formula is C13H7F3NO2-. The summed E-state index contributed by atoms with van der Waals surface area (Å²) in [5.74, 6) is -1.57. The van der Waals surface area contributed by atoms with Gasteiger partial charge in [-0.25, -0.2) is 0 Å². The molecule has 0 aliphatic rings. The summed E-state index contributed by atoms with van der Waals surface area (Å²) in [7, 11) is 0. The van der Waals surface area contributed by atoms with Crippen LogP contribution in [0.1, 0.15) is 15.9 Å². The van der Waals surface area contributed by atoms with Crippen molar-refractivity contribution in [3.63, 3.8) is 0 Å². The quantitative estimate of drug-likeness (QED) is 0.836. The monoisotopic (exact) mass is 266 g/mol. The van der Waals surface area contributed by atoms with E-state index in [-0.39, 0.29) is 16.7 Å². The third-order valence-electron chi connectivity index (χ3n) is 2.56. The molecule has 0 fully saturated rings. The molecule has 0 saturated heterocycles. The SMILES string of the molecule is O=C([O-])c1cnccc1-c1ccccc1C(F)(F)F. The Morgan fingerprint density at radius 3 is 2.42 bits per heavy atom. The zero-order valence-corrected chi connectivity index (χ0v) is 9.44. The summed E-state index contributed by atoms with van der Waals surface area (Å²) in [6.45, 7) is 0. The third-order valence-corrected chi connectivity index (χ3v) is 2.56. The summed E-state index contributed by atoms with van der Waals surface area (Å²) in [4.78, 5) is 14.5. The normalized spacial score (nSPS) is 11.3. The molecule has 2 aromatic rings. The summed E-state index contributed by atoms with van der Waals surface area (Å²) in [6.07, 6.45) is -2.37. The predicted octanol–water partition coefficient (Wildman–Crippen LogP) is 2.13. The fourth-order valence-corrected chi connectivity index (χ4v) is 1.76. The van der Waals surface area contributed by atoms with E-state index in [0.29, 0.717) is 0 Å². The number of aromatic nitrogens is 1. The maximum Gasteiger partial charge on any atom is 0.417 e. The molecule has 0 atom stereocenters. The van der Waals surface area contributed by atoms with E-state index in [2.05, 4.69) is 4.98 Å². The second-order valence-corrected chi connectivity index (χ2v) is 3.75. The van der Waals surface area contributed by atoms with Gasteiger partial charge in [-0.2, -0.15) is 13.2 Å². The Balaban J connectivity index is 2.70. The fraction of sp³-hybridized carbons (Fsp3) is 0.0769. The molecule has 0 spiro atoms. The lowest BCUT2D eigenvalue weighted by molar-refractivity contribution is -0.255. The van der Waals surface area contributed by atoms with Crippen molar-refractivity contribution < 1.29 is 23.1 Å². The Morgan fingerprint density at radius 2 is 1.79 bits per heavy atom. The van der Waals surface area contributed by atoms with E-state index in [4.69, 9.17) is 0 Å². The number of carbonyl (C=O) groups excluding carboxylic acids is 1. The number of halogens is 3. The Morgan fingerprint density at radius 1 is 1.11 bits per heavy atom. The van der Waals surface area contributed by atoms with Crippen LogP contribution in [0.3, 0.4) is 0 Å². The lowest BCUT2D eigenvalue weighted by Crippen LogP contribution is -2.23. The topological polar surface area (TPSA) is 53.0 Å². The van der Waals surface area contributed by atoms with E-state index >= 15 is 0 Å². The Labute approximate surface area is 106 Å². The molecule has 19 heavy (non-hydrogen) atoms. The molecule has 0 amide bonds. The van der Waals surface area contributed by atoms with Crippen molar-refractivity contribution in [3.8, 4) is 11.1 Å². The summed E-state index contributed by atoms with van der Waals surface area (Å²) in [5.41, 5.74) is -1.55. The number of alkyl halides is 3. The van der Waals surface area contributed by atoms with Gasteiger partial charge in [0.2, 0.25) is 0 Å². The molecule has 98 valence electrons. The average Bonchev–Trinajstić information content (AvgIpc) is 2.37. The van der Waals surface area contributed by atoms with Gasteiger partial charge in [-0.1, -0.05) is 18.2 Å². The van der Waals surface area contributed by atoms with E-state index in [1.807, 2.05) is 0 Å². The number of pyridine rings is 1. The van der Waals surface area contributed by atoms with Crippen LogP contribution in [0.15, 0.2) is 42.7 Å². The number of nitrogens with zero attached hydrogens (tertiary/aromatic N) is 1. The number of benzene rings is 1. The van der Waals surface area contributed by atoms with E-state index in [0.717, 1.165) is 12.3 Å². The molecule has 0 N–H and O–H groups in total. The predicted molar refractivity (Wildman–Crippen MR) is 59.0 cm³/mol. The summed E-state index contributed by atoms with van der Waals surface area (Å²) < 4.78 is 38.7. The van der Waals surface area contributed by atoms with Gasteiger partial charge in [-0.05, 0) is 23.3 Å². The van der Waals surface area contributed by atoms with Crippen molar-refractivity contribution in [2.45, 2.75) is 6.18 Å². The van der Waals surface area contributed by atoms with Crippen LogP contribution in [0.2, 0.25) is 0 Å². The number of aromatic carboxylic acids is 1. The van der Waals surface area contributed by atoms with Crippen LogP contribution in [-0.4, -0.2) is 11.0 Å². The van der Waals surface area contributed by atoms with Crippen molar-refractivity contribution in [3.05, 3.63) is 53.9 Å². The number of hydrogen-bond donors (Lipinski definition) is 0. The van der Waals surface area contributed by atoms with Crippen molar-refractivity contribution >= 4 is 5.97 Å². The second-order valence-electron chi connectivity index (χ2n) is 3.75. The minimum absolute atomic E-state index is 0.0667. The van der Waals surface area contributed by atoms with E-state index in [1.165, 1.54) is 30.5 Å². The van der Waals surface area contributed by atoms with Crippen molar-refractivity contribution in [1.29, 1.82) is 0 Å². The van der Waals surface area contributed by atoms with Crippen LogP contribution in [0.4, 0.5) is 13.2 Å². The van der Waals surface area contributed by atoms with Crippen LogP contribution in [0, 0.1) is 0 Å². The van der Waals surface area contributed by atoms with Gasteiger partial charge >= 0.3 is 6.18 Å². The first-order chi connectivity index (χ1) is 8.91. The van der Waals surface area contributed by atoms with Gasteiger partial charge in [0, 0.05) is 18.0 Å². The Bertz CT molecular complexity index is 623. The van der Waals surface area contributed by atoms with Crippen LogP contribution in [-0.2, 0) is 6.18 Å². The third kappa shape index (κ3) is 2.57. The molecular weight excluding hydrogens is 259 g/mol. The highest BCUT2D eigenvalue weighted by Gasteiger charge is 2.33. The molecule has 1 aromatic carbocycles. The highest BCUT2D eigenvalue weighted by molar-refractivity contribution is 5.94. The molecule has 0 unspecified atom stereocenters. The van der Waals surface area contributed by atoms with Crippen molar-refractivity contribution in [2.24, 2.45) is 0 Å². The lowest BCUT2D eigenvalue weighted by atomic mass is 9.96. The standard InChI is InChI=1S/C13H8F3NO2/c14-13(15,16)11-4-2-1-3-9(11)8-5-6-17-7-10(8)12(18)19/h1-7H,(H,18,19)/p-1. The maximum absolute atomic E-state index is 12.9. The fourth-order valence-electron chi connectivity index (χ4n) is 1.76. The number of hydrogen-bond acceptors (Lipinski definition) is 3. The van der Waals surface area contributed by atoms with Gasteiger partial charge in [-0.3, -0.25) is 4.98 Å². The number of carbonyl (C=O) groups is 1. The Kier molecular flexibility index (Phi) is 3.25. The lowest BCUT2D eigenvalue weighted by Gasteiger charge is -2.15. The molecule has 0 aliphatic heterocycles. The van der Waals surface area contributed by atoms with E-state index in [1.54, 1.807) is 0 Å². The highest BCUT2D eigenvalue weighted by Crippen LogP contribution is 2.37. The van der Waals surface area contributed by atoms with Gasteiger partial charge in [0.1, 0.15) is 0 Å². The molecule has 0 aliphatic carbocycles. The first-order valence-corrected chi connectivity index (χ1v) is 5.23. The van der Waals surface area contributed by atoms with Gasteiger partial charge in [0.15, 0.2) is 0 Å². The number of carboxylic acids is 1. The van der Waals surface area contributed by atoms with E-state index in [9.17, 15) is 23.1 Å². The van der Waals surface area contributed by atoms with Crippen molar-refractivity contribution in [2.75, 3.05) is 0 Å². The zero-order chi connectivity index (χ0) is 14.0. The van der Waals surface area contributed by atoms with Crippen LogP contribution < -0.4 is 5.11 Å². The van der Waals surface area contributed by atoms with E-state index < -0.39 is 17.7 Å². The number of carboxylic acid groups (broad SMARTS) is 1. The van der Waals surface area contributed by atoms with Crippen LogP contribution >= 0.6 is 0 Å².